The lowest BCUT2D eigenvalue weighted by Crippen LogP contribution is -3.00. The van der Waals surface area contributed by atoms with Crippen molar-refractivity contribution in [3.63, 3.8) is 0 Å². The zero-order chi connectivity index (χ0) is 25.7. The van der Waals surface area contributed by atoms with Gasteiger partial charge in [0.05, 0.1) is 0 Å². The number of rotatable bonds is 7. The lowest BCUT2D eigenvalue weighted by Gasteiger charge is -2.46. The van der Waals surface area contributed by atoms with Crippen LogP contribution in [0.5, 0.6) is 0 Å². The maximum atomic E-state index is 2.34. The van der Waals surface area contributed by atoms with E-state index in [0.717, 1.165) is 0 Å². The Kier molecular flexibility index (Phi) is 8.41. The van der Waals surface area contributed by atoms with Gasteiger partial charge in [-0.3, -0.25) is 0 Å². The van der Waals surface area contributed by atoms with Crippen LogP contribution in [0.25, 0.3) is 0 Å². The molecule has 190 valence electrons. The standard InChI is InChI=1S/C37H30P.HI/c1-7-19-31(20-8-1)37(32-21-9-2-10-22-32,33-23-11-3-12-24-33)38(34-25-13-4-14-26-34,35-27-15-5-16-28-35)36-29-17-6-18-30-36;/h1-30H;1H/q+1;/p-1. The lowest BCUT2D eigenvalue weighted by atomic mass is 9.84. The highest BCUT2D eigenvalue weighted by molar-refractivity contribution is 7.97. The van der Waals surface area contributed by atoms with Crippen LogP contribution >= 0.6 is 7.26 Å². The van der Waals surface area contributed by atoms with Crippen molar-refractivity contribution in [1.29, 1.82) is 0 Å². The van der Waals surface area contributed by atoms with Crippen molar-refractivity contribution < 1.29 is 24.0 Å². The summed E-state index contributed by atoms with van der Waals surface area (Å²) in [6.45, 7) is 0. The fourth-order valence-electron chi connectivity index (χ4n) is 6.10. The molecule has 0 atom stereocenters. The van der Waals surface area contributed by atoms with Crippen molar-refractivity contribution in [1.82, 2.24) is 0 Å². The molecular weight excluding hydrogens is 602 g/mol. The molecule has 0 radical (unpaired) electrons. The van der Waals surface area contributed by atoms with E-state index in [4.69, 9.17) is 0 Å². The van der Waals surface area contributed by atoms with Crippen LogP contribution in [0.15, 0.2) is 182 Å². The molecule has 0 fully saturated rings. The van der Waals surface area contributed by atoms with Crippen LogP contribution < -0.4 is 39.9 Å². The Morgan fingerprint density at radius 3 is 0.718 bits per heavy atom. The highest BCUT2D eigenvalue weighted by Gasteiger charge is 2.65. The summed E-state index contributed by atoms with van der Waals surface area (Å²) < 4.78 is 0. The van der Waals surface area contributed by atoms with Gasteiger partial charge in [-0.05, 0) is 36.4 Å². The highest BCUT2D eigenvalue weighted by Crippen LogP contribution is 2.74. The summed E-state index contributed by atoms with van der Waals surface area (Å²) in [4.78, 5) is 0. The summed E-state index contributed by atoms with van der Waals surface area (Å²) in [6, 6.07) is 67.1. The van der Waals surface area contributed by atoms with Gasteiger partial charge in [0.1, 0.15) is 23.2 Å². The quantitative estimate of drug-likeness (QED) is 0.133. The zero-order valence-corrected chi connectivity index (χ0v) is 24.7. The summed E-state index contributed by atoms with van der Waals surface area (Å²) in [7, 11) is -2.46. The summed E-state index contributed by atoms with van der Waals surface area (Å²) in [6.07, 6.45) is 0. The molecule has 0 aliphatic carbocycles. The topological polar surface area (TPSA) is 0 Å². The predicted octanol–water partition coefficient (Wildman–Crippen LogP) is 4.98. The fraction of sp³-hybridized carbons (Fsp3) is 0.0270. The van der Waals surface area contributed by atoms with E-state index in [0.29, 0.717) is 0 Å². The van der Waals surface area contributed by atoms with Gasteiger partial charge in [-0.15, -0.1) is 0 Å². The molecule has 0 aliphatic rings. The zero-order valence-electron chi connectivity index (χ0n) is 21.6. The van der Waals surface area contributed by atoms with Gasteiger partial charge in [-0.25, -0.2) is 0 Å². The summed E-state index contributed by atoms with van der Waals surface area (Å²) in [5, 5.41) is 3.58. The Morgan fingerprint density at radius 2 is 0.487 bits per heavy atom. The Labute approximate surface area is 249 Å². The van der Waals surface area contributed by atoms with E-state index in [9.17, 15) is 0 Å². The number of benzene rings is 6. The fourth-order valence-corrected chi connectivity index (χ4v) is 11.6. The van der Waals surface area contributed by atoms with E-state index < -0.39 is 12.4 Å². The van der Waals surface area contributed by atoms with Crippen LogP contribution in [0.4, 0.5) is 0 Å². The molecule has 39 heavy (non-hydrogen) atoms. The first-order valence-electron chi connectivity index (χ1n) is 13.1. The first-order valence-corrected chi connectivity index (χ1v) is 14.9. The minimum atomic E-state index is -2.46. The molecule has 6 aromatic carbocycles. The molecule has 0 amide bonds. The van der Waals surface area contributed by atoms with E-state index in [1.807, 2.05) is 0 Å². The van der Waals surface area contributed by atoms with Crippen LogP contribution in [0.3, 0.4) is 0 Å². The van der Waals surface area contributed by atoms with Crippen molar-refractivity contribution in [2.24, 2.45) is 0 Å². The van der Waals surface area contributed by atoms with Gasteiger partial charge in [0, 0.05) is 16.7 Å². The average Bonchev–Trinajstić information content (AvgIpc) is 3.02. The lowest BCUT2D eigenvalue weighted by molar-refractivity contribution is -0.00000722. The molecule has 0 unspecified atom stereocenters. The Balaban J connectivity index is 0.00000308. The molecule has 0 aromatic heterocycles. The largest absolute Gasteiger partial charge is 1.00 e. The SMILES string of the molecule is [I-].c1ccc(C(c2ccccc2)(c2ccccc2)[P+](c2ccccc2)(c2ccccc2)c2ccccc2)cc1. The molecule has 6 rings (SSSR count). The van der Waals surface area contributed by atoms with Crippen LogP contribution in [0, 0.1) is 0 Å². The molecule has 6 aromatic rings. The number of hydrogen-bond donors (Lipinski definition) is 0. The molecule has 0 saturated heterocycles. The minimum Gasteiger partial charge on any atom is -1.00 e. The van der Waals surface area contributed by atoms with Crippen molar-refractivity contribution >= 4 is 23.2 Å². The predicted molar refractivity (Wildman–Crippen MR) is 164 cm³/mol. The van der Waals surface area contributed by atoms with Gasteiger partial charge in [-0.2, -0.15) is 0 Å². The maximum absolute atomic E-state index is 2.46. The molecule has 2 heteroatoms. The van der Waals surface area contributed by atoms with Crippen LogP contribution in [0.2, 0.25) is 0 Å². The Morgan fingerprint density at radius 1 is 0.282 bits per heavy atom. The third-order valence-electron chi connectivity index (χ3n) is 7.51. The first kappa shape index (κ1) is 27.1. The van der Waals surface area contributed by atoms with Gasteiger partial charge < -0.3 is 24.0 Å². The maximum Gasteiger partial charge on any atom is 0.168 e. The number of halogens is 1. The van der Waals surface area contributed by atoms with E-state index in [-0.39, 0.29) is 24.0 Å². The van der Waals surface area contributed by atoms with E-state index in [1.165, 1.54) is 32.6 Å². The minimum absolute atomic E-state index is 0. The van der Waals surface area contributed by atoms with Gasteiger partial charge in [-0.1, -0.05) is 146 Å². The van der Waals surface area contributed by atoms with Gasteiger partial charge in [0.25, 0.3) is 0 Å². The summed E-state index contributed by atoms with van der Waals surface area (Å²) >= 11 is 0. The monoisotopic (exact) mass is 632 g/mol. The second-order valence-corrected chi connectivity index (χ2v) is 13.0. The molecule has 0 aliphatic heterocycles. The molecule has 0 spiro atoms. The Bertz CT molecular complexity index is 1250. The molecule has 0 bridgehead atoms. The second kappa shape index (κ2) is 12.1. The molecule has 0 saturated carbocycles. The Hall–Kier alpha value is -3.52. The normalized spacial score (nSPS) is 11.4. The third-order valence-corrected chi connectivity index (χ3v) is 12.5. The third kappa shape index (κ3) is 4.54. The van der Waals surface area contributed by atoms with E-state index in [2.05, 4.69) is 182 Å². The van der Waals surface area contributed by atoms with Gasteiger partial charge in [0.2, 0.25) is 0 Å². The molecule has 0 heterocycles. The molecular formula is C37H30IP. The first-order chi connectivity index (χ1) is 18.9. The average molecular weight is 633 g/mol. The smallest absolute Gasteiger partial charge is 0.168 e. The van der Waals surface area contributed by atoms with Crippen LogP contribution in [-0.2, 0) is 5.16 Å². The van der Waals surface area contributed by atoms with E-state index >= 15 is 0 Å². The van der Waals surface area contributed by atoms with Crippen LogP contribution in [-0.4, -0.2) is 0 Å². The van der Waals surface area contributed by atoms with E-state index in [1.54, 1.807) is 0 Å². The molecule has 0 N–H and O–H groups in total. The van der Waals surface area contributed by atoms with Gasteiger partial charge >= 0.3 is 0 Å². The van der Waals surface area contributed by atoms with Crippen molar-refractivity contribution in [2.45, 2.75) is 5.16 Å². The summed E-state index contributed by atoms with van der Waals surface area (Å²) in [5.74, 6) is 0. The van der Waals surface area contributed by atoms with Crippen molar-refractivity contribution in [3.05, 3.63) is 199 Å². The summed E-state index contributed by atoms with van der Waals surface area (Å²) in [5.41, 5.74) is 3.88. The van der Waals surface area contributed by atoms with Crippen molar-refractivity contribution in [3.8, 4) is 0 Å². The highest BCUT2D eigenvalue weighted by atomic mass is 127. The molecule has 0 nitrogen and oxygen atoms in total. The number of hydrogen-bond acceptors (Lipinski definition) is 0. The van der Waals surface area contributed by atoms with Gasteiger partial charge in [0.15, 0.2) is 5.16 Å². The second-order valence-electron chi connectivity index (χ2n) is 9.49. The van der Waals surface area contributed by atoms with Crippen LogP contribution in [0.1, 0.15) is 16.7 Å². The van der Waals surface area contributed by atoms with Crippen molar-refractivity contribution in [2.75, 3.05) is 0 Å².